The fourth-order valence-corrected chi connectivity index (χ4v) is 4.33. The highest BCUT2D eigenvalue weighted by atomic mass is 35.5. The Bertz CT molecular complexity index is 1230. The van der Waals surface area contributed by atoms with Crippen molar-refractivity contribution < 1.29 is 19.4 Å². The molecule has 8 heteroatoms. The Hall–Kier alpha value is -3.19. The largest absolute Gasteiger partial charge is 0.481 e. The van der Waals surface area contributed by atoms with Crippen molar-refractivity contribution in [2.45, 2.75) is 19.3 Å². The zero-order chi connectivity index (χ0) is 22.4. The quantitative estimate of drug-likeness (QED) is 0.494. The van der Waals surface area contributed by atoms with Crippen LogP contribution >= 0.6 is 11.6 Å². The number of carboxylic acids is 1. The van der Waals surface area contributed by atoms with Gasteiger partial charge in [-0.25, -0.2) is 4.98 Å². The number of nitrogens with zero attached hydrogens (tertiary/aromatic N) is 3. The molecule has 2 fully saturated rings. The lowest BCUT2D eigenvalue weighted by atomic mass is 10.1. The summed E-state index contributed by atoms with van der Waals surface area (Å²) in [5, 5.41) is 11.8. The van der Waals surface area contributed by atoms with Crippen LogP contribution in [0.15, 0.2) is 42.6 Å². The highest BCUT2D eigenvalue weighted by Crippen LogP contribution is 2.43. The summed E-state index contributed by atoms with van der Waals surface area (Å²) in [5.74, 6) is -1.69. The normalized spacial score (nSPS) is 19.6. The zero-order valence-electron chi connectivity index (χ0n) is 17.5. The monoisotopic (exact) mass is 451 g/mol. The summed E-state index contributed by atoms with van der Waals surface area (Å²) in [4.78, 5) is 34.6. The predicted molar refractivity (Wildman–Crippen MR) is 121 cm³/mol. The number of carbonyl (C=O) groups is 2. The number of aromatic nitrogens is 2. The zero-order valence-corrected chi connectivity index (χ0v) is 18.2. The minimum atomic E-state index is -0.961. The van der Waals surface area contributed by atoms with E-state index in [1.807, 2.05) is 36.4 Å². The third-order valence-electron chi connectivity index (χ3n) is 6.16. The maximum absolute atomic E-state index is 12.7. The molecule has 1 N–H and O–H groups in total. The van der Waals surface area contributed by atoms with Crippen molar-refractivity contribution in [3.63, 3.8) is 0 Å². The molecule has 2 atom stereocenters. The summed E-state index contributed by atoms with van der Waals surface area (Å²) in [6.45, 7) is 0.766. The molecule has 3 aromatic rings. The molecule has 164 valence electrons. The topological polar surface area (TPSA) is 92.6 Å². The van der Waals surface area contributed by atoms with Gasteiger partial charge in [-0.05, 0) is 37.3 Å². The third-order valence-corrected chi connectivity index (χ3v) is 6.49. The SMILES string of the molecule is COc1nc(C(=O)[C@@H]2C[C@H]2C(=O)O)ncc1N(CC1CC1)c1ccc(Cl)c2ccccc12. The van der Waals surface area contributed by atoms with Crippen molar-refractivity contribution in [2.24, 2.45) is 17.8 Å². The molecule has 5 rings (SSSR count). The van der Waals surface area contributed by atoms with Crippen LogP contribution in [-0.2, 0) is 4.79 Å². The van der Waals surface area contributed by atoms with Gasteiger partial charge in [-0.3, -0.25) is 9.59 Å². The first-order chi connectivity index (χ1) is 15.5. The van der Waals surface area contributed by atoms with E-state index in [4.69, 9.17) is 21.4 Å². The number of Topliss-reactive ketones (excluding diaryl/α,β-unsaturated/α-hetero) is 1. The molecule has 0 spiro atoms. The second-order valence-electron chi connectivity index (χ2n) is 8.41. The third kappa shape index (κ3) is 3.77. The number of halogens is 1. The van der Waals surface area contributed by atoms with E-state index in [0.29, 0.717) is 23.0 Å². The molecule has 0 bridgehead atoms. The summed E-state index contributed by atoms with van der Waals surface area (Å²) in [7, 11) is 1.51. The molecule has 2 aliphatic carbocycles. The van der Waals surface area contributed by atoms with Gasteiger partial charge in [0.2, 0.25) is 11.7 Å². The van der Waals surface area contributed by atoms with Gasteiger partial charge in [0.25, 0.3) is 0 Å². The standard InChI is InChI=1S/C24H22ClN3O4/c1-32-23-20(11-26-22(27-23)21(29)16-10-17(16)24(30)31)28(12-13-6-7-13)19-9-8-18(25)14-4-2-3-5-15(14)19/h2-5,8-9,11,13,16-17H,6-7,10,12H2,1H3,(H,30,31)/t16-,17-/m1/s1. The van der Waals surface area contributed by atoms with E-state index in [0.717, 1.165) is 35.8 Å². The average Bonchev–Trinajstić information content (AvgIpc) is 3.72. The fraction of sp³-hybridized carbons (Fsp3) is 0.333. The van der Waals surface area contributed by atoms with E-state index >= 15 is 0 Å². The Morgan fingerprint density at radius 2 is 1.88 bits per heavy atom. The molecule has 0 amide bonds. The molecular formula is C24H22ClN3O4. The number of fused-ring (bicyclic) bond motifs is 1. The summed E-state index contributed by atoms with van der Waals surface area (Å²) >= 11 is 6.43. The van der Waals surface area contributed by atoms with Gasteiger partial charge in [-0.15, -0.1) is 0 Å². The lowest BCUT2D eigenvalue weighted by molar-refractivity contribution is -0.138. The van der Waals surface area contributed by atoms with Gasteiger partial charge in [0, 0.05) is 33.9 Å². The molecule has 0 radical (unpaired) electrons. The summed E-state index contributed by atoms with van der Waals surface area (Å²) < 4.78 is 5.56. The number of hydrogen-bond acceptors (Lipinski definition) is 6. The van der Waals surface area contributed by atoms with Crippen LogP contribution in [0.3, 0.4) is 0 Å². The predicted octanol–water partition coefficient (Wildman–Crippen LogP) is 4.74. The Kier molecular flexibility index (Phi) is 5.21. The maximum atomic E-state index is 12.7. The van der Waals surface area contributed by atoms with Crippen LogP contribution in [0.5, 0.6) is 5.88 Å². The Balaban J connectivity index is 1.55. The van der Waals surface area contributed by atoms with E-state index in [-0.39, 0.29) is 17.5 Å². The van der Waals surface area contributed by atoms with Crippen LogP contribution in [0, 0.1) is 17.8 Å². The van der Waals surface area contributed by atoms with Gasteiger partial charge < -0.3 is 14.7 Å². The van der Waals surface area contributed by atoms with Gasteiger partial charge in [0.05, 0.1) is 19.2 Å². The number of ether oxygens (including phenoxy) is 1. The van der Waals surface area contributed by atoms with E-state index in [2.05, 4.69) is 14.9 Å². The number of ketones is 1. The van der Waals surface area contributed by atoms with E-state index < -0.39 is 17.8 Å². The first-order valence-corrected chi connectivity index (χ1v) is 11.0. The van der Waals surface area contributed by atoms with Gasteiger partial charge in [0.15, 0.2) is 5.82 Å². The van der Waals surface area contributed by atoms with Crippen LogP contribution in [0.2, 0.25) is 5.02 Å². The number of rotatable bonds is 8. The minimum absolute atomic E-state index is 0.00770. The van der Waals surface area contributed by atoms with Crippen molar-refractivity contribution >= 4 is 45.5 Å². The lowest BCUT2D eigenvalue weighted by Crippen LogP contribution is -2.22. The van der Waals surface area contributed by atoms with Gasteiger partial charge in [-0.1, -0.05) is 35.9 Å². The van der Waals surface area contributed by atoms with Crippen molar-refractivity contribution in [3.05, 3.63) is 53.4 Å². The molecular weight excluding hydrogens is 430 g/mol. The summed E-state index contributed by atoms with van der Waals surface area (Å²) in [6.07, 6.45) is 4.23. The first kappa shape index (κ1) is 20.7. The van der Waals surface area contributed by atoms with Crippen LogP contribution < -0.4 is 9.64 Å². The van der Waals surface area contributed by atoms with E-state index in [9.17, 15) is 9.59 Å². The van der Waals surface area contributed by atoms with Crippen molar-refractivity contribution in [2.75, 3.05) is 18.6 Å². The number of anilines is 2. The van der Waals surface area contributed by atoms with Crippen LogP contribution in [0.4, 0.5) is 11.4 Å². The Morgan fingerprint density at radius 1 is 1.12 bits per heavy atom. The minimum Gasteiger partial charge on any atom is -0.481 e. The number of methoxy groups -OCH3 is 1. The van der Waals surface area contributed by atoms with E-state index in [1.54, 1.807) is 6.20 Å². The first-order valence-electron chi connectivity index (χ1n) is 10.6. The molecule has 1 heterocycles. The molecule has 2 aliphatic rings. The second-order valence-corrected chi connectivity index (χ2v) is 8.81. The lowest BCUT2D eigenvalue weighted by Gasteiger charge is -2.27. The van der Waals surface area contributed by atoms with Crippen LogP contribution in [0.1, 0.15) is 29.9 Å². The number of carbonyl (C=O) groups excluding carboxylic acids is 1. The van der Waals surface area contributed by atoms with Crippen molar-refractivity contribution in [1.82, 2.24) is 9.97 Å². The van der Waals surface area contributed by atoms with Crippen LogP contribution in [-0.4, -0.2) is 40.5 Å². The van der Waals surface area contributed by atoms with Gasteiger partial charge >= 0.3 is 5.97 Å². The Labute approximate surface area is 190 Å². The highest BCUT2D eigenvalue weighted by molar-refractivity contribution is 6.36. The molecule has 2 saturated carbocycles. The second kappa shape index (κ2) is 8.06. The van der Waals surface area contributed by atoms with E-state index in [1.165, 1.54) is 7.11 Å². The molecule has 7 nitrogen and oxygen atoms in total. The van der Waals surface area contributed by atoms with Crippen LogP contribution in [0.25, 0.3) is 10.8 Å². The molecule has 1 aromatic heterocycles. The number of hydrogen-bond donors (Lipinski definition) is 1. The summed E-state index contributed by atoms with van der Waals surface area (Å²) in [6, 6.07) is 11.8. The number of carboxylic acid groups (broad SMARTS) is 1. The average molecular weight is 452 g/mol. The molecule has 0 unspecified atom stereocenters. The highest BCUT2D eigenvalue weighted by Gasteiger charge is 2.49. The molecule has 0 aliphatic heterocycles. The molecule has 32 heavy (non-hydrogen) atoms. The summed E-state index contributed by atoms with van der Waals surface area (Å²) in [5.41, 5.74) is 1.63. The smallest absolute Gasteiger partial charge is 0.307 e. The van der Waals surface area contributed by atoms with Crippen molar-refractivity contribution in [3.8, 4) is 5.88 Å². The number of benzene rings is 2. The van der Waals surface area contributed by atoms with Gasteiger partial charge in [-0.2, -0.15) is 4.98 Å². The van der Waals surface area contributed by atoms with Gasteiger partial charge in [0.1, 0.15) is 5.69 Å². The Morgan fingerprint density at radius 3 is 2.53 bits per heavy atom. The van der Waals surface area contributed by atoms with Crippen molar-refractivity contribution in [1.29, 1.82) is 0 Å². The molecule has 0 saturated heterocycles. The molecule has 2 aromatic carbocycles. The number of aliphatic carboxylic acids is 1. The maximum Gasteiger partial charge on any atom is 0.307 e. The fourth-order valence-electron chi connectivity index (χ4n) is 4.10.